The SMILES string of the molecule is CCCCOC(=O)NC(CC(Cc1cc[c]([Sn]([CH2]CCC)([CH2]CCC)[CH2]CCC)cc1)C(=O)OC(C)(C)C)C(=O)OC(C)(C)C. The zero-order valence-corrected chi connectivity index (χ0v) is 33.2. The number of benzene rings is 1. The van der Waals surface area contributed by atoms with Crippen LogP contribution >= 0.6 is 0 Å². The second-order valence-corrected chi connectivity index (χ2v) is 27.9. The van der Waals surface area contributed by atoms with Gasteiger partial charge in [-0.1, -0.05) is 13.3 Å². The normalized spacial score (nSPS) is 13.6. The van der Waals surface area contributed by atoms with Crippen LogP contribution in [0.4, 0.5) is 4.79 Å². The van der Waals surface area contributed by atoms with E-state index in [-0.39, 0.29) is 13.0 Å². The van der Waals surface area contributed by atoms with Gasteiger partial charge in [-0.15, -0.1) is 0 Å². The number of rotatable bonds is 20. The van der Waals surface area contributed by atoms with E-state index in [0.717, 1.165) is 18.4 Å². The Labute approximate surface area is 279 Å². The molecular weight excluding hydrogens is 673 g/mol. The predicted octanol–water partition coefficient (Wildman–Crippen LogP) is 8.87. The van der Waals surface area contributed by atoms with Crippen LogP contribution in [0.3, 0.4) is 0 Å². The fraction of sp³-hybridized carbons (Fsp3) is 0.757. The Kier molecular flexibility index (Phi) is 18.8. The zero-order valence-electron chi connectivity index (χ0n) is 30.3. The molecule has 0 fully saturated rings. The van der Waals surface area contributed by atoms with Gasteiger partial charge in [-0.25, -0.2) is 0 Å². The first-order valence-corrected chi connectivity index (χ1v) is 25.1. The van der Waals surface area contributed by atoms with E-state index in [1.54, 1.807) is 24.4 Å². The molecule has 0 bridgehead atoms. The number of hydrogen-bond acceptors (Lipinski definition) is 6. The van der Waals surface area contributed by atoms with Gasteiger partial charge in [0.2, 0.25) is 0 Å². The van der Waals surface area contributed by atoms with E-state index < -0.39 is 59.6 Å². The molecule has 1 rings (SSSR count). The number of amides is 1. The van der Waals surface area contributed by atoms with Crippen molar-refractivity contribution < 1.29 is 28.6 Å². The molecular formula is C37H65NO6Sn. The third-order valence-electron chi connectivity index (χ3n) is 8.05. The predicted molar refractivity (Wildman–Crippen MR) is 188 cm³/mol. The summed E-state index contributed by atoms with van der Waals surface area (Å²) in [5.74, 6) is -1.67. The summed E-state index contributed by atoms with van der Waals surface area (Å²) in [6.07, 6.45) is 8.92. The maximum atomic E-state index is 13.6. The van der Waals surface area contributed by atoms with Crippen LogP contribution in [0.25, 0.3) is 0 Å². The van der Waals surface area contributed by atoms with Gasteiger partial charge in [-0.2, -0.15) is 0 Å². The van der Waals surface area contributed by atoms with Gasteiger partial charge in [-0.05, 0) is 6.42 Å². The Morgan fingerprint density at radius 1 is 0.711 bits per heavy atom. The second kappa shape index (κ2) is 20.5. The van der Waals surface area contributed by atoms with Crippen LogP contribution in [0.1, 0.15) is 133 Å². The molecule has 0 radical (unpaired) electrons. The number of unbranched alkanes of at least 4 members (excludes halogenated alkanes) is 4. The maximum absolute atomic E-state index is 13.6. The summed E-state index contributed by atoms with van der Waals surface area (Å²) in [5, 5.41) is 2.68. The molecule has 0 saturated carbocycles. The monoisotopic (exact) mass is 739 g/mol. The Bertz CT molecular complexity index is 989. The fourth-order valence-electron chi connectivity index (χ4n) is 5.65. The first-order chi connectivity index (χ1) is 21.1. The molecule has 1 aromatic rings. The minimum atomic E-state index is -2.60. The van der Waals surface area contributed by atoms with Crippen molar-refractivity contribution in [2.75, 3.05) is 6.61 Å². The molecule has 1 aromatic carbocycles. The number of carbonyl (C=O) groups is 3. The molecule has 0 heterocycles. The van der Waals surface area contributed by atoms with Gasteiger partial charge in [-0.3, -0.25) is 0 Å². The van der Waals surface area contributed by atoms with Crippen molar-refractivity contribution >= 4 is 40.0 Å². The first-order valence-electron chi connectivity index (χ1n) is 17.6. The molecule has 8 heteroatoms. The number of nitrogens with one attached hydrogen (secondary N) is 1. The molecule has 258 valence electrons. The molecule has 0 aliphatic heterocycles. The van der Waals surface area contributed by atoms with E-state index in [1.165, 1.54) is 51.8 Å². The quantitative estimate of drug-likeness (QED) is 0.0623. The van der Waals surface area contributed by atoms with Crippen molar-refractivity contribution in [3.8, 4) is 0 Å². The molecule has 1 N–H and O–H groups in total. The van der Waals surface area contributed by atoms with Crippen molar-refractivity contribution in [3.05, 3.63) is 29.8 Å². The van der Waals surface area contributed by atoms with Gasteiger partial charge in [0, 0.05) is 0 Å². The van der Waals surface area contributed by atoms with Crippen molar-refractivity contribution in [2.45, 2.75) is 164 Å². The zero-order chi connectivity index (χ0) is 34.1. The van der Waals surface area contributed by atoms with Gasteiger partial charge in [0.05, 0.1) is 0 Å². The van der Waals surface area contributed by atoms with Crippen LogP contribution in [0, 0.1) is 5.92 Å². The number of ether oxygens (including phenoxy) is 3. The molecule has 2 atom stereocenters. The van der Waals surface area contributed by atoms with E-state index in [2.05, 4.69) is 50.4 Å². The molecule has 0 spiro atoms. The Morgan fingerprint density at radius 3 is 1.62 bits per heavy atom. The van der Waals surface area contributed by atoms with Gasteiger partial charge in [0.15, 0.2) is 0 Å². The summed E-state index contributed by atoms with van der Waals surface area (Å²) >= 11 is -2.60. The van der Waals surface area contributed by atoms with E-state index in [9.17, 15) is 14.4 Å². The van der Waals surface area contributed by atoms with Crippen molar-refractivity contribution in [2.24, 2.45) is 5.92 Å². The third kappa shape index (κ3) is 16.6. The Hall–Kier alpha value is -1.77. The van der Waals surface area contributed by atoms with E-state index in [1.807, 2.05) is 27.7 Å². The van der Waals surface area contributed by atoms with Crippen LogP contribution < -0.4 is 8.90 Å². The molecule has 0 saturated heterocycles. The van der Waals surface area contributed by atoms with Crippen LogP contribution in [0.5, 0.6) is 0 Å². The summed E-state index contributed by atoms with van der Waals surface area (Å²) < 4.78 is 22.5. The Balaban J connectivity index is 3.40. The average molecular weight is 739 g/mol. The van der Waals surface area contributed by atoms with E-state index in [4.69, 9.17) is 14.2 Å². The summed E-state index contributed by atoms with van der Waals surface area (Å²) in [6.45, 7) is 20.0. The minimum absolute atomic E-state index is 0.0428. The number of esters is 2. The molecule has 0 aliphatic carbocycles. The molecule has 0 aliphatic rings. The summed E-state index contributed by atoms with van der Waals surface area (Å²) in [5.41, 5.74) is -0.435. The topological polar surface area (TPSA) is 90.9 Å². The van der Waals surface area contributed by atoms with Gasteiger partial charge in [0.25, 0.3) is 0 Å². The van der Waals surface area contributed by atoms with Gasteiger partial charge in [0.1, 0.15) is 0 Å². The Morgan fingerprint density at radius 2 is 1.18 bits per heavy atom. The van der Waals surface area contributed by atoms with Crippen LogP contribution in [0.2, 0.25) is 13.3 Å². The molecule has 0 aromatic heterocycles. The van der Waals surface area contributed by atoms with E-state index in [0.29, 0.717) is 6.42 Å². The molecule has 1 amide bonds. The molecule has 7 nitrogen and oxygen atoms in total. The van der Waals surface area contributed by atoms with Crippen molar-refractivity contribution in [3.63, 3.8) is 0 Å². The summed E-state index contributed by atoms with van der Waals surface area (Å²) in [4.78, 5) is 39.5. The van der Waals surface area contributed by atoms with Crippen molar-refractivity contribution in [1.82, 2.24) is 5.32 Å². The molecule has 45 heavy (non-hydrogen) atoms. The number of carbonyl (C=O) groups excluding carboxylic acids is 3. The fourth-order valence-corrected chi connectivity index (χ4v) is 21.6. The van der Waals surface area contributed by atoms with Crippen LogP contribution in [-0.4, -0.2) is 60.3 Å². The standard InChI is InChI=1S/C25H38NO6.3C4H9.Sn/c1-8-9-15-30-23(29)26-20(22(28)32-25(5,6)7)17-19(21(27)31-24(2,3)4)16-18-13-11-10-12-14-18;3*1-3-4-2;/h11-14,19-20H,8-9,15-17H2,1-7H3,(H,26,29);3*1,3-4H2,2H3;. The van der Waals surface area contributed by atoms with Crippen LogP contribution in [0.15, 0.2) is 24.3 Å². The van der Waals surface area contributed by atoms with Gasteiger partial charge < -0.3 is 0 Å². The van der Waals surface area contributed by atoms with E-state index >= 15 is 0 Å². The second-order valence-electron chi connectivity index (χ2n) is 14.7. The van der Waals surface area contributed by atoms with Crippen molar-refractivity contribution in [1.29, 1.82) is 0 Å². The first kappa shape index (κ1) is 41.3. The van der Waals surface area contributed by atoms with Gasteiger partial charge >= 0.3 is 260 Å². The summed E-state index contributed by atoms with van der Waals surface area (Å²) in [7, 11) is 0. The molecule has 2 unspecified atom stereocenters. The summed E-state index contributed by atoms with van der Waals surface area (Å²) in [6, 6.07) is 7.98. The average Bonchev–Trinajstić information content (AvgIpc) is 2.95. The van der Waals surface area contributed by atoms with Crippen LogP contribution in [-0.2, 0) is 30.2 Å². The number of hydrogen-bond donors (Lipinski definition) is 1. The number of alkyl carbamates (subject to hydrolysis) is 1. The third-order valence-corrected chi connectivity index (χ3v) is 23.7.